The monoisotopic (exact) mass is 305 g/mol. The van der Waals surface area contributed by atoms with E-state index >= 15 is 0 Å². The molecule has 0 aliphatic carbocycles. The molecule has 0 saturated heterocycles. The number of fused-ring (bicyclic) bond motifs is 1. The van der Waals surface area contributed by atoms with Gasteiger partial charge in [-0.2, -0.15) is 10.1 Å². The third kappa shape index (κ3) is 2.55. The SMILES string of the molecule is Nc1nc(-c2ccco2)c2cnn(CCc3ccccc3)c2n1. The van der Waals surface area contributed by atoms with Gasteiger partial charge in [-0.25, -0.2) is 9.67 Å². The Hall–Kier alpha value is -3.15. The first-order valence-electron chi connectivity index (χ1n) is 7.38. The average Bonchev–Trinajstić information content (AvgIpc) is 3.23. The van der Waals surface area contributed by atoms with Crippen molar-refractivity contribution in [2.75, 3.05) is 5.73 Å². The van der Waals surface area contributed by atoms with Crippen LogP contribution in [0.25, 0.3) is 22.5 Å². The number of rotatable bonds is 4. The van der Waals surface area contributed by atoms with Crippen LogP contribution in [-0.2, 0) is 13.0 Å². The molecule has 3 heterocycles. The lowest BCUT2D eigenvalue weighted by atomic mass is 10.1. The van der Waals surface area contributed by atoms with Crippen molar-refractivity contribution in [2.45, 2.75) is 13.0 Å². The van der Waals surface area contributed by atoms with E-state index in [0.717, 1.165) is 24.0 Å². The summed E-state index contributed by atoms with van der Waals surface area (Å²) in [6.45, 7) is 0.724. The molecule has 6 nitrogen and oxygen atoms in total. The van der Waals surface area contributed by atoms with Crippen LogP contribution in [0.5, 0.6) is 0 Å². The number of nitrogens with two attached hydrogens (primary N) is 1. The van der Waals surface area contributed by atoms with Crippen molar-refractivity contribution in [2.24, 2.45) is 0 Å². The molecular weight excluding hydrogens is 290 g/mol. The zero-order valence-electron chi connectivity index (χ0n) is 12.4. The molecule has 0 unspecified atom stereocenters. The summed E-state index contributed by atoms with van der Waals surface area (Å²) in [4.78, 5) is 8.64. The number of anilines is 1. The molecule has 2 N–H and O–H groups in total. The van der Waals surface area contributed by atoms with Crippen molar-refractivity contribution in [3.05, 3.63) is 60.5 Å². The summed E-state index contributed by atoms with van der Waals surface area (Å²) in [5, 5.41) is 5.27. The van der Waals surface area contributed by atoms with Gasteiger partial charge in [0.2, 0.25) is 5.95 Å². The fourth-order valence-corrected chi connectivity index (χ4v) is 2.62. The van der Waals surface area contributed by atoms with Crippen LogP contribution in [-0.4, -0.2) is 19.7 Å². The van der Waals surface area contributed by atoms with E-state index in [4.69, 9.17) is 10.2 Å². The second-order valence-electron chi connectivity index (χ2n) is 5.25. The molecule has 3 aromatic heterocycles. The molecule has 0 saturated carbocycles. The number of nitrogen functional groups attached to an aromatic ring is 1. The summed E-state index contributed by atoms with van der Waals surface area (Å²) in [5.74, 6) is 0.872. The lowest BCUT2D eigenvalue weighted by Crippen LogP contribution is -2.06. The van der Waals surface area contributed by atoms with E-state index in [1.807, 2.05) is 35.0 Å². The Morgan fingerprint density at radius 2 is 1.91 bits per heavy atom. The molecule has 6 heteroatoms. The Kier molecular flexibility index (Phi) is 3.27. The minimum absolute atomic E-state index is 0.213. The van der Waals surface area contributed by atoms with E-state index in [9.17, 15) is 0 Å². The Balaban J connectivity index is 1.72. The number of hydrogen-bond donors (Lipinski definition) is 1. The van der Waals surface area contributed by atoms with Crippen LogP contribution in [0, 0.1) is 0 Å². The van der Waals surface area contributed by atoms with Crippen molar-refractivity contribution in [3.63, 3.8) is 0 Å². The van der Waals surface area contributed by atoms with Crippen molar-refractivity contribution in [1.29, 1.82) is 0 Å². The third-order valence-corrected chi connectivity index (χ3v) is 3.72. The molecule has 0 aliphatic heterocycles. The van der Waals surface area contributed by atoms with Gasteiger partial charge < -0.3 is 10.2 Å². The van der Waals surface area contributed by atoms with E-state index in [-0.39, 0.29) is 5.95 Å². The predicted molar refractivity (Wildman–Crippen MR) is 87.6 cm³/mol. The summed E-state index contributed by atoms with van der Waals surface area (Å²) >= 11 is 0. The summed E-state index contributed by atoms with van der Waals surface area (Å²) in [7, 11) is 0. The van der Waals surface area contributed by atoms with Crippen LogP contribution in [0.2, 0.25) is 0 Å². The highest BCUT2D eigenvalue weighted by molar-refractivity contribution is 5.89. The van der Waals surface area contributed by atoms with E-state index in [1.54, 1.807) is 12.5 Å². The molecule has 114 valence electrons. The van der Waals surface area contributed by atoms with Gasteiger partial charge in [0, 0.05) is 6.54 Å². The first-order chi connectivity index (χ1) is 11.3. The minimum atomic E-state index is 0.213. The third-order valence-electron chi connectivity index (χ3n) is 3.72. The van der Waals surface area contributed by atoms with Gasteiger partial charge in [-0.05, 0) is 24.1 Å². The second-order valence-corrected chi connectivity index (χ2v) is 5.25. The van der Waals surface area contributed by atoms with Crippen LogP contribution in [0.1, 0.15) is 5.56 Å². The molecule has 4 aromatic rings. The van der Waals surface area contributed by atoms with Gasteiger partial charge in [0.05, 0.1) is 17.8 Å². The first kappa shape index (κ1) is 13.5. The Bertz CT molecular complexity index is 928. The normalized spacial score (nSPS) is 11.1. The fourth-order valence-electron chi connectivity index (χ4n) is 2.62. The van der Waals surface area contributed by atoms with Crippen molar-refractivity contribution < 1.29 is 4.42 Å². The van der Waals surface area contributed by atoms with Gasteiger partial charge in [-0.15, -0.1) is 0 Å². The molecule has 0 amide bonds. The maximum absolute atomic E-state index is 5.86. The molecule has 0 bridgehead atoms. The number of aryl methyl sites for hydroxylation is 2. The highest BCUT2D eigenvalue weighted by Crippen LogP contribution is 2.26. The fraction of sp³-hybridized carbons (Fsp3) is 0.118. The summed E-state index contributed by atoms with van der Waals surface area (Å²) in [6, 6.07) is 13.9. The van der Waals surface area contributed by atoms with Gasteiger partial charge in [-0.1, -0.05) is 30.3 Å². The molecular formula is C17H15N5O. The van der Waals surface area contributed by atoms with Crippen LogP contribution in [0.15, 0.2) is 59.3 Å². The van der Waals surface area contributed by atoms with Crippen molar-refractivity contribution in [1.82, 2.24) is 19.7 Å². The molecule has 0 spiro atoms. The summed E-state index contributed by atoms with van der Waals surface area (Å²) < 4.78 is 7.29. The lowest BCUT2D eigenvalue weighted by Gasteiger charge is -2.05. The van der Waals surface area contributed by atoms with Crippen LogP contribution in [0.3, 0.4) is 0 Å². The molecule has 23 heavy (non-hydrogen) atoms. The Labute approximate surface area is 132 Å². The lowest BCUT2D eigenvalue weighted by molar-refractivity contribution is 0.580. The average molecular weight is 305 g/mol. The standard InChI is InChI=1S/C17H15N5O/c18-17-20-15(14-7-4-10-23-14)13-11-19-22(16(13)21-17)9-8-12-5-2-1-3-6-12/h1-7,10-11H,8-9H2,(H2,18,20,21). The van der Waals surface area contributed by atoms with Crippen LogP contribution < -0.4 is 5.73 Å². The highest BCUT2D eigenvalue weighted by atomic mass is 16.3. The smallest absolute Gasteiger partial charge is 0.222 e. The van der Waals surface area contributed by atoms with E-state index in [1.165, 1.54) is 5.56 Å². The molecule has 1 aromatic carbocycles. The quantitative estimate of drug-likeness (QED) is 0.627. The van der Waals surface area contributed by atoms with E-state index in [0.29, 0.717) is 11.5 Å². The van der Waals surface area contributed by atoms with Crippen molar-refractivity contribution in [3.8, 4) is 11.5 Å². The number of benzene rings is 1. The molecule has 0 fully saturated rings. The summed E-state index contributed by atoms with van der Waals surface area (Å²) in [6.07, 6.45) is 4.24. The zero-order valence-corrected chi connectivity index (χ0v) is 12.4. The predicted octanol–water partition coefficient (Wildman–Crippen LogP) is 2.91. The van der Waals surface area contributed by atoms with Gasteiger partial charge in [0.25, 0.3) is 0 Å². The zero-order chi connectivity index (χ0) is 15.6. The van der Waals surface area contributed by atoms with Crippen molar-refractivity contribution >= 4 is 17.0 Å². The van der Waals surface area contributed by atoms with E-state index in [2.05, 4.69) is 27.2 Å². The molecule has 0 atom stereocenters. The highest BCUT2D eigenvalue weighted by Gasteiger charge is 2.15. The number of aromatic nitrogens is 4. The van der Waals surface area contributed by atoms with Gasteiger partial charge >= 0.3 is 0 Å². The van der Waals surface area contributed by atoms with E-state index < -0.39 is 0 Å². The van der Waals surface area contributed by atoms with Crippen LogP contribution in [0.4, 0.5) is 5.95 Å². The topological polar surface area (TPSA) is 82.8 Å². The van der Waals surface area contributed by atoms with Gasteiger partial charge in [0.1, 0.15) is 5.69 Å². The Morgan fingerprint density at radius 1 is 1.04 bits per heavy atom. The first-order valence-corrected chi connectivity index (χ1v) is 7.38. The Morgan fingerprint density at radius 3 is 2.70 bits per heavy atom. The molecule has 0 aliphatic rings. The second kappa shape index (κ2) is 5.57. The number of furan rings is 1. The maximum Gasteiger partial charge on any atom is 0.222 e. The molecule has 4 rings (SSSR count). The number of hydrogen-bond acceptors (Lipinski definition) is 5. The minimum Gasteiger partial charge on any atom is -0.463 e. The molecule has 0 radical (unpaired) electrons. The summed E-state index contributed by atoms with van der Waals surface area (Å²) in [5.41, 5.74) is 8.51. The largest absolute Gasteiger partial charge is 0.463 e. The van der Waals surface area contributed by atoms with Gasteiger partial charge in [-0.3, -0.25) is 0 Å². The number of nitrogens with zero attached hydrogens (tertiary/aromatic N) is 4. The van der Waals surface area contributed by atoms with Crippen LogP contribution >= 0.6 is 0 Å². The maximum atomic E-state index is 5.86. The van der Waals surface area contributed by atoms with Gasteiger partial charge in [0.15, 0.2) is 11.4 Å².